The molecule has 1 saturated heterocycles. The van der Waals surface area contributed by atoms with Gasteiger partial charge in [0, 0.05) is 44.1 Å². The third kappa shape index (κ3) is 3.53. The van der Waals surface area contributed by atoms with E-state index in [9.17, 15) is 4.79 Å². The van der Waals surface area contributed by atoms with Gasteiger partial charge in [-0.25, -0.2) is 4.98 Å². The Balaban J connectivity index is 1.40. The zero-order valence-corrected chi connectivity index (χ0v) is 15.5. The van der Waals surface area contributed by atoms with Gasteiger partial charge in [-0.05, 0) is 38.1 Å². The van der Waals surface area contributed by atoms with E-state index in [-0.39, 0.29) is 5.91 Å². The van der Waals surface area contributed by atoms with Crippen molar-refractivity contribution in [3.8, 4) is 5.82 Å². The van der Waals surface area contributed by atoms with Crippen LogP contribution in [0.2, 0.25) is 0 Å². The van der Waals surface area contributed by atoms with E-state index in [4.69, 9.17) is 0 Å². The van der Waals surface area contributed by atoms with Crippen molar-refractivity contribution in [1.82, 2.24) is 24.6 Å². The molecular formula is C20H22N6O. The summed E-state index contributed by atoms with van der Waals surface area (Å²) < 4.78 is 1.90. The fourth-order valence-electron chi connectivity index (χ4n) is 3.33. The molecule has 3 heterocycles. The summed E-state index contributed by atoms with van der Waals surface area (Å²) in [5.74, 6) is 2.55. The number of carbonyl (C=O) groups is 1. The minimum atomic E-state index is 0.0929. The topological polar surface area (TPSA) is 67.2 Å². The maximum Gasteiger partial charge on any atom is 0.253 e. The Hall–Kier alpha value is -3.22. The first kappa shape index (κ1) is 17.2. The predicted octanol–water partition coefficient (Wildman–Crippen LogP) is 2.24. The van der Waals surface area contributed by atoms with Crippen molar-refractivity contribution in [3.05, 3.63) is 65.7 Å². The first-order valence-corrected chi connectivity index (χ1v) is 9.07. The molecule has 4 rings (SSSR count). The highest BCUT2D eigenvalue weighted by atomic mass is 16.2. The van der Waals surface area contributed by atoms with E-state index in [0.29, 0.717) is 13.1 Å². The van der Waals surface area contributed by atoms with Crippen LogP contribution in [0.4, 0.5) is 5.82 Å². The highest BCUT2D eigenvalue weighted by molar-refractivity contribution is 5.94. The van der Waals surface area contributed by atoms with E-state index < -0.39 is 0 Å². The number of piperazine rings is 1. The maximum atomic E-state index is 12.7. The SMILES string of the molecule is Cc1cccc(C(=O)N2CCN(c3ccc(-n4ccnc4C)nn3)CC2)c1. The summed E-state index contributed by atoms with van der Waals surface area (Å²) in [5.41, 5.74) is 1.85. The van der Waals surface area contributed by atoms with Crippen molar-refractivity contribution in [2.24, 2.45) is 0 Å². The van der Waals surface area contributed by atoms with Crippen molar-refractivity contribution >= 4 is 11.7 Å². The van der Waals surface area contributed by atoms with E-state index in [0.717, 1.165) is 41.7 Å². The predicted molar refractivity (Wildman–Crippen MR) is 103 cm³/mol. The second-order valence-electron chi connectivity index (χ2n) is 6.74. The fraction of sp³-hybridized carbons (Fsp3) is 0.300. The number of carbonyl (C=O) groups excluding carboxylic acids is 1. The molecule has 27 heavy (non-hydrogen) atoms. The minimum Gasteiger partial charge on any atom is -0.352 e. The number of aromatic nitrogens is 4. The van der Waals surface area contributed by atoms with Crippen LogP contribution >= 0.6 is 0 Å². The monoisotopic (exact) mass is 362 g/mol. The standard InChI is InChI=1S/C20H22N6O/c1-15-4-3-5-17(14-15)20(27)25-12-10-24(11-13-25)18-6-7-19(23-22-18)26-9-8-21-16(26)2/h3-9,14H,10-13H2,1-2H3. The molecule has 0 aliphatic carbocycles. The van der Waals surface area contributed by atoms with Gasteiger partial charge in [0.2, 0.25) is 0 Å². The Morgan fingerprint density at radius 2 is 1.70 bits per heavy atom. The molecule has 1 fully saturated rings. The lowest BCUT2D eigenvalue weighted by atomic mass is 10.1. The lowest BCUT2D eigenvalue weighted by Gasteiger charge is -2.35. The van der Waals surface area contributed by atoms with Crippen molar-refractivity contribution < 1.29 is 4.79 Å². The van der Waals surface area contributed by atoms with Gasteiger partial charge in [-0.1, -0.05) is 17.7 Å². The number of nitrogens with zero attached hydrogens (tertiary/aromatic N) is 6. The molecule has 0 saturated carbocycles. The number of benzene rings is 1. The highest BCUT2D eigenvalue weighted by Crippen LogP contribution is 2.16. The van der Waals surface area contributed by atoms with Crippen LogP contribution < -0.4 is 4.90 Å². The average Bonchev–Trinajstić information content (AvgIpc) is 3.14. The molecule has 2 aromatic heterocycles. The molecule has 0 N–H and O–H groups in total. The van der Waals surface area contributed by atoms with E-state index in [1.54, 1.807) is 6.20 Å². The lowest BCUT2D eigenvalue weighted by Crippen LogP contribution is -2.49. The number of imidazole rings is 1. The number of hydrogen-bond donors (Lipinski definition) is 0. The average molecular weight is 362 g/mol. The summed E-state index contributed by atoms with van der Waals surface area (Å²) in [4.78, 5) is 21.0. The van der Waals surface area contributed by atoms with E-state index in [2.05, 4.69) is 20.1 Å². The van der Waals surface area contributed by atoms with Crippen LogP contribution in [-0.2, 0) is 0 Å². The van der Waals surface area contributed by atoms with Crippen molar-refractivity contribution in [1.29, 1.82) is 0 Å². The Labute approximate surface area is 158 Å². The summed E-state index contributed by atoms with van der Waals surface area (Å²) in [5, 5.41) is 8.68. The molecular weight excluding hydrogens is 340 g/mol. The normalized spacial score (nSPS) is 14.4. The molecule has 0 spiro atoms. The van der Waals surface area contributed by atoms with Gasteiger partial charge in [0.05, 0.1) is 0 Å². The van der Waals surface area contributed by atoms with Crippen molar-refractivity contribution in [2.45, 2.75) is 13.8 Å². The van der Waals surface area contributed by atoms with E-state index in [1.807, 2.05) is 65.9 Å². The van der Waals surface area contributed by atoms with Gasteiger partial charge < -0.3 is 9.80 Å². The molecule has 3 aromatic rings. The molecule has 0 bridgehead atoms. The minimum absolute atomic E-state index is 0.0929. The molecule has 1 aliphatic heterocycles. The van der Waals surface area contributed by atoms with E-state index >= 15 is 0 Å². The third-order valence-electron chi connectivity index (χ3n) is 4.86. The van der Waals surface area contributed by atoms with Crippen LogP contribution in [0.3, 0.4) is 0 Å². The first-order valence-electron chi connectivity index (χ1n) is 9.07. The highest BCUT2D eigenvalue weighted by Gasteiger charge is 2.23. The van der Waals surface area contributed by atoms with Crippen LogP contribution in [-0.4, -0.2) is 56.7 Å². The number of aryl methyl sites for hydroxylation is 2. The molecule has 0 atom stereocenters. The van der Waals surface area contributed by atoms with Crippen LogP contribution in [0.25, 0.3) is 5.82 Å². The Morgan fingerprint density at radius 3 is 2.33 bits per heavy atom. The van der Waals surface area contributed by atoms with Gasteiger partial charge in [-0.3, -0.25) is 9.36 Å². The van der Waals surface area contributed by atoms with Gasteiger partial charge in [0.15, 0.2) is 11.6 Å². The quantitative estimate of drug-likeness (QED) is 0.715. The van der Waals surface area contributed by atoms with Gasteiger partial charge in [-0.15, -0.1) is 10.2 Å². The molecule has 1 aliphatic rings. The zero-order chi connectivity index (χ0) is 18.8. The molecule has 0 radical (unpaired) electrons. The molecule has 7 heteroatoms. The van der Waals surface area contributed by atoms with Crippen molar-refractivity contribution in [3.63, 3.8) is 0 Å². The first-order chi connectivity index (χ1) is 13.1. The van der Waals surface area contributed by atoms with Crippen LogP contribution in [0, 0.1) is 13.8 Å². The second kappa shape index (κ2) is 7.19. The molecule has 7 nitrogen and oxygen atoms in total. The molecule has 138 valence electrons. The molecule has 0 unspecified atom stereocenters. The number of amides is 1. The molecule has 1 amide bonds. The van der Waals surface area contributed by atoms with E-state index in [1.165, 1.54) is 0 Å². The van der Waals surface area contributed by atoms with Gasteiger partial charge in [0.25, 0.3) is 5.91 Å². The fourth-order valence-corrected chi connectivity index (χ4v) is 3.33. The van der Waals surface area contributed by atoms with Gasteiger partial charge >= 0.3 is 0 Å². The Morgan fingerprint density at radius 1 is 0.963 bits per heavy atom. The van der Waals surface area contributed by atoms with Gasteiger partial charge in [0.1, 0.15) is 5.82 Å². The Kier molecular flexibility index (Phi) is 4.58. The van der Waals surface area contributed by atoms with Crippen LogP contribution in [0.1, 0.15) is 21.7 Å². The van der Waals surface area contributed by atoms with Crippen molar-refractivity contribution in [2.75, 3.05) is 31.1 Å². The number of rotatable bonds is 3. The largest absolute Gasteiger partial charge is 0.352 e. The van der Waals surface area contributed by atoms with Crippen LogP contribution in [0.5, 0.6) is 0 Å². The number of anilines is 1. The second-order valence-corrected chi connectivity index (χ2v) is 6.74. The maximum absolute atomic E-state index is 12.7. The summed E-state index contributed by atoms with van der Waals surface area (Å²) in [6.45, 7) is 6.78. The van der Waals surface area contributed by atoms with Gasteiger partial charge in [-0.2, -0.15) is 0 Å². The smallest absolute Gasteiger partial charge is 0.253 e. The summed E-state index contributed by atoms with van der Waals surface area (Å²) in [6.07, 6.45) is 3.62. The summed E-state index contributed by atoms with van der Waals surface area (Å²) in [6, 6.07) is 11.7. The number of hydrogen-bond acceptors (Lipinski definition) is 5. The Bertz CT molecular complexity index is 941. The van der Waals surface area contributed by atoms with Crippen LogP contribution in [0.15, 0.2) is 48.8 Å². The summed E-state index contributed by atoms with van der Waals surface area (Å²) >= 11 is 0. The third-order valence-corrected chi connectivity index (χ3v) is 4.86. The summed E-state index contributed by atoms with van der Waals surface area (Å²) in [7, 11) is 0. The zero-order valence-electron chi connectivity index (χ0n) is 15.5. The lowest BCUT2D eigenvalue weighted by molar-refractivity contribution is 0.0746. The molecule has 1 aromatic carbocycles.